The molecule has 0 aromatic heterocycles. The van der Waals surface area contributed by atoms with Gasteiger partial charge in [-0.1, -0.05) is 53.9 Å². The lowest BCUT2D eigenvalue weighted by molar-refractivity contribution is 0.612. The third kappa shape index (κ3) is 5.88. The summed E-state index contributed by atoms with van der Waals surface area (Å²) in [5, 5.41) is 0. The lowest BCUT2D eigenvalue weighted by Gasteiger charge is -1.91. The average molecular weight is 130 g/mol. The Kier molecular flexibility index (Phi) is 10.4. The molecule has 0 aliphatic heterocycles. The molecule has 9 heavy (non-hydrogen) atoms. The second-order valence-corrected chi connectivity index (χ2v) is 2.39. The molecule has 0 N–H and O–H groups in total. The third-order valence-corrected chi connectivity index (χ3v) is 1.64. The minimum Gasteiger partial charge on any atom is -0.0776 e. The zero-order valence-electron chi connectivity index (χ0n) is 6.41. The van der Waals surface area contributed by atoms with Crippen molar-refractivity contribution in [2.45, 2.75) is 53.9 Å². The summed E-state index contributed by atoms with van der Waals surface area (Å²) in [6.07, 6.45) is 5.95. The highest BCUT2D eigenvalue weighted by Gasteiger charge is 2.07. The van der Waals surface area contributed by atoms with Crippen LogP contribution in [0.15, 0.2) is 0 Å². The van der Waals surface area contributed by atoms with Crippen LogP contribution in [-0.4, -0.2) is 0 Å². The summed E-state index contributed by atoms with van der Waals surface area (Å²) in [4.78, 5) is 0. The quantitative estimate of drug-likeness (QED) is 0.467. The van der Waals surface area contributed by atoms with E-state index in [1.807, 2.05) is 13.8 Å². The molecule has 0 aromatic rings. The summed E-state index contributed by atoms with van der Waals surface area (Å²) in [6.45, 7) is 6.34. The van der Waals surface area contributed by atoms with Crippen LogP contribution >= 0.6 is 0 Å². The van der Waals surface area contributed by atoms with Crippen LogP contribution in [0.3, 0.4) is 0 Å². The van der Waals surface area contributed by atoms with Crippen LogP contribution < -0.4 is 0 Å². The molecule has 0 amide bonds. The van der Waals surface area contributed by atoms with E-state index in [0.29, 0.717) is 0 Å². The van der Waals surface area contributed by atoms with Crippen molar-refractivity contribution in [1.29, 1.82) is 0 Å². The predicted molar refractivity (Wildman–Crippen MR) is 45.7 cm³/mol. The Balaban J connectivity index is 0. The zero-order chi connectivity index (χ0) is 6.41. The Morgan fingerprint density at radius 3 is 1.44 bits per heavy atom. The van der Waals surface area contributed by atoms with Crippen LogP contribution in [-0.2, 0) is 0 Å². The Bertz CT molecular complexity index is 33.3. The fourth-order valence-electron chi connectivity index (χ4n) is 1.13. The largest absolute Gasteiger partial charge is 0.0776 e. The van der Waals surface area contributed by atoms with Crippen LogP contribution in [0.4, 0.5) is 0 Å². The van der Waals surface area contributed by atoms with Gasteiger partial charge in [0, 0.05) is 0 Å². The van der Waals surface area contributed by atoms with E-state index in [1.54, 1.807) is 0 Å². The molecule has 0 unspecified atom stereocenters. The molecule has 1 saturated carbocycles. The monoisotopic (exact) mass is 130 g/mol. The molecule has 0 heteroatoms. The number of hydrogen-bond acceptors (Lipinski definition) is 0. The molecule has 0 heterocycles. The maximum atomic E-state index is 2.34. The highest BCUT2D eigenvalue weighted by molar-refractivity contribution is 4.60. The van der Waals surface area contributed by atoms with Gasteiger partial charge in [0.2, 0.25) is 0 Å². The SMILES string of the molecule is C.CC.CC1CCCC1. The Labute approximate surface area is 60.7 Å². The summed E-state index contributed by atoms with van der Waals surface area (Å²) in [5.74, 6) is 1.05. The summed E-state index contributed by atoms with van der Waals surface area (Å²) in [7, 11) is 0. The van der Waals surface area contributed by atoms with Gasteiger partial charge in [0.25, 0.3) is 0 Å². The fourth-order valence-corrected chi connectivity index (χ4v) is 1.13. The van der Waals surface area contributed by atoms with Crippen LogP contribution in [0.25, 0.3) is 0 Å². The highest BCUT2D eigenvalue weighted by Crippen LogP contribution is 2.22. The zero-order valence-corrected chi connectivity index (χ0v) is 6.41. The van der Waals surface area contributed by atoms with Crippen molar-refractivity contribution in [2.24, 2.45) is 5.92 Å². The van der Waals surface area contributed by atoms with Gasteiger partial charge in [-0.25, -0.2) is 0 Å². The maximum Gasteiger partial charge on any atom is -0.0443 e. The molecule has 0 atom stereocenters. The standard InChI is InChI=1S/C6H12.C2H6.CH4/c1-6-4-2-3-5-6;1-2;/h6H,2-5H2,1H3;1-2H3;1H4. The van der Waals surface area contributed by atoms with Crippen LogP contribution in [0.1, 0.15) is 53.9 Å². The van der Waals surface area contributed by atoms with Gasteiger partial charge < -0.3 is 0 Å². The highest BCUT2D eigenvalue weighted by atomic mass is 14.1. The predicted octanol–water partition coefficient (Wildman–Crippen LogP) is 3.86. The normalized spacial score (nSPS) is 17.7. The van der Waals surface area contributed by atoms with E-state index in [9.17, 15) is 0 Å². The van der Waals surface area contributed by atoms with Gasteiger partial charge in [-0.3, -0.25) is 0 Å². The summed E-state index contributed by atoms with van der Waals surface area (Å²) in [6, 6.07) is 0. The van der Waals surface area contributed by atoms with Gasteiger partial charge in [-0.2, -0.15) is 0 Å². The molecule has 1 aliphatic rings. The topological polar surface area (TPSA) is 0 Å². The second-order valence-electron chi connectivity index (χ2n) is 2.39. The molecule has 0 bridgehead atoms. The van der Waals surface area contributed by atoms with Crippen molar-refractivity contribution in [3.8, 4) is 0 Å². The molecule has 0 radical (unpaired) electrons. The minimum absolute atomic E-state index is 0. The Hall–Kier alpha value is 0. The first-order valence-electron chi connectivity index (χ1n) is 3.89. The van der Waals surface area contributed by atoms with Crippen molar-refractivity contribution in [3.63, 3.8) is 0 Å². The first kappa shape index (κ1) is 11.8. The maximum absolute atomic E-state index is 2.34. The fraction of sp³-hybridized carbons (Fsp3) is 1.00. The molecular formula is C9H22. The molecule has 1 rings (SSSR count). The molecule has 1 aliphatic carbocycles. The third-order valence-electron chi connectivity index (χ3n) is 1.64. The van der Waals surface area contributed by atoms with Crippen molar-refractivity contribution in [2.75, 3.05) is 0 Å². The van der Waals surface area contributed by atoms with Crippen molar-refractivity contribution < 1.29 is 0 Å². The van der Waals surface area contributed by atoms with E-state index in [4.69, 9.17) is 0 Å². The first-order chi connectivity index (χ1) is 3.89. The molecular weight excluding hydrogens is 108 g/mol. The van der Waals surface area contributed by atoms with E-state index in [1.165, 1.54) is 25.7 Å². The minimum atomic E-state index is 0. The van der Waals surface area contributed by atoms with Gasteiger partial charge >= 0.3 is 0 Å². The second kappa shape index (κ2) is 8.00. The summed E-state index contributed by atoms with van der Waals surface area (Å²) < 4.78 is 0. The van der Waals surface area contributed by atoms with E-state index in [0.717, 1.165) is 5.92 Å². The van der Waals surface area contributed by atoms with Crippen LogP contribution in [0.2, 0.25) is 0 Å². The molecule has 58 valence electrons. The van der Waals surface area contributed by atoms with Crippen LogP contribution in [0.5, 0.6) is 0 Å². The molecule has 1 fully saturated rings. The van der Waals surface area contributed by atoms with Gasteiger partial charge in [-0.15, -0.1) is 0 Å². The molecule has 0 nitrogen and oxygen atoms in total. The van der Waals surface area contributed by atoms with Gasteiger partial charge in [0.1, 0.15) is 0 Å². The van der Waals surface area contributed by atoms with Gasteiger partial charge in [0.15, 0.2) is 0 Å². The first-order valence-corrected chi connectivity index (χ1v) is 3.89. The van der Waals surface area contributed by atoms with Gasteiger partial charge in [-0.05, 0) is 5.92 Å². The molecule has 0 saturated heterocycles. The number of rotatable bonds is 0. The smallest absolute Gasteiger partial charge is 0.0443 e. The van der Waals surface area contributed by atoms with E-state index < -0.39 is 0 Å². The van der Waals surface area contributed by atoms with E-state index >= 15 is 0 Å². The van der Waals surface area contributed by atoms with Crippen LogP contribution in [0, 0.1) is 5.92 Å². The average Bonchev–Trinajstić information content (AvgIpc) is 2.24. The summed E-state index contributed by atoms with van der Waals surface area (Å²) in [5.41, 5.74) is 0. The Morgan fingerprint density at radius 2 is 1.33 bits per heavy atom. The van der Waals surface area contributed by atoms with Crippen molar-refractivity contribution >= 4 is 0 Å². The van der Waals surface area contributed by atoms with E-state index in [2.05, 4.69) is 6.92 Å². The van der Waals surface area contributed by atoms with E-state index in [-0.39, 0.29) is 7.43 Å². The molecule has 0 spiro atoms. The lowest BCUT2D eigenvalue weighted by Crippen LogP contribution is -1.78. The Morgan fingerprint density at radius 1 is 1.00 bits per heavy atom. The molecule has 0 aromatic carbocycles. The van der Waals surface area contributed by atoms with Gasteiger partial charge in [0.05, 0.1) is 0 Å². The lowest BCUT2D eigenvalue weighted by atomic mass is 10.2. The summed E-state index contributed by atoms with van der Waals surface area (Å²) >= 11 is 0. The van der Waals surface area contributed by atoms with Crippen molar-refractivity contribution in [3.05, 3.63) is 0 Å². The number of hydrogen-bond donors (Lipinski definition) is 0. The van der Waals surface area contributed by atoms with Crippen molar-refractivity contribution in [1.82, 2.24) is 0 Å².